The SMILES string of the molecule is Cc1ccc(F)c(Cl)c1C(=O)CBr. The molecule has 0 aliphatic rings. The van der Waals surface area contributed by atoms with Crippen molar-refractivity contribution in [2.75, 3.05) is 5.33 Å². The average molecular weight is 266 g/mol. The Morgan fingerprint density at radius 3 is 2.77 bits per heavy atom. The van der Waals surface area contributed by atoms with Crippen LogP contribution in [0.5, 0.6) is 0 Å². The van der Waals surface area contributed by atoms with E-state index in [4.69, 9.17) is 11.6 Å². The van der Waals surface area contributed by atoms with E-state index in [1.54, 1.807) is 6.92 Å². The number of carbonyl (C=O) groups excluding carboxylic acids is 1. The Hall–Kier alpha value is -0.410. The third-order valence-corrected chi connectivity index (χ3v) is 2.58. The molecule has 0 spiro atoms. The summed E-state index contributed by atoms with van der Waals surface area (Å²) in [6.45, 7) is 1.72. The van der Waals surface area contributed by atoms with Crippen molar-refractivity contribution in [1.82, 2.24) is 0 Å². The predicted molar refractivity (Wildman–Crippen MR) is 54.3 cm³/mol. The molecule has 0 saturated heterocycles. The van der Waals surface area contributed by atoms with E-state index in [0.29, 0.717) is 5.56 Å². The lowest BCUT2D eigenvalue weighted by Gasteiger charge is -2.05. The standard InChI is InChI=1S/C9H7BrClFO/c1-5-2-3-6(12)9(11)8(5)7(13)4-10/h2-3H,4H2,1H3. The minimum absolute atomic E-state index is 0.0931. The van der Waals surface area contributed by atoms with Crippen molar-refractivity contribution in [1.29, 1.82) is 0 Å². The van der Waals surface area contributed by atoms with Crippen molar-refractivity contribution in [2.45, 2.75) is 6.92 Å². The average Bonchev–Trinajstić information content (AvgIpc) is 2.12. The van der Waals surface area contributed by atoms with Gasteiger partial charge in [-0.3, -0.25) is 4.79 Å². The molecule has 0 amide bonds. The molecular weight excluding hydrogens is 258 g/mol. The molecule has 0 aliphatic heterocycles. The smallest absolute Gasteiger partial charge is 0.175 e. The van der Waals surface area contributed by atoms with Crippen LogP contribution in [0.15, 0.2) is 12.1 Å². The summed E-state index contributed by atoms with van der Waals surface area (Å²) in [7, 11) is 0. The molecule has 1 nitrogen and oxygen atoms in total. The lowest BCUT2D eigenvalue weighted by atomic mass is 10.1. The number of aryl methyl sites for hydroxylation is 1. The maximum Gasteiger partial charge on any atom is 0.175 e. The molecule has 1 rings (SSSR count). The van der Waals surface area contributed by atoms with Crippen LogP contribution in [0.4, 0.5) is 4.39 Å². The number of hydrogen-bond donors (Lipinski definition) is 0. The summed E-state index contributed by atoms with van der Waals surface area (Å²) in [6.07, 6.45) is 0. The van der Waals surface area contributed by atoms with Crippen LogP contribution in [0.25, 0.3) is 0 Å². The van der Waals surface area contributed by atoms with Crippen LogP contribution in [0.1, 0.15) is 15.9 Å². The number of rotatable bonds is 2. The van der Waals surface area contributed by atoms with E-state index in [0.717, 1.165) is 0 Å². The lowest BCUT2D eigenvalue weighted by Crippen LogP contribution is -2.04. The van der Waals surface area contributed by atoms with Gasteiger partial charge in [0.15, 0.2) is 5.78 Å². The highest BCUT2D eigenvalue weighted by Crippen LogP contribution is 2.24. The van der Waals surface area contributed by atoms with Gasteiger partial charge in [-0.05, 0) is 18.6 Å². The fraction of sp³-hybridized carbons (Fsp3) is 0.222. The normalized spacial score (nSPS) is 10.2. The van der Waals surface area contributed by atoms with Crippen LogP contribution >= 0.6 is 27.5 Å². The third-order valence-electron chi connectivity index (χ3n) is 1.70. The molecule has 0 atom stereocenters. The first kappa shape index (κ1) is 10.7. The zero-order chi connectivity index (χ0) is 10.0. The van der Waals surface area contributed by atoms with Crippen molar-refractivity contribution in [3.63, 3.8) is 0 Å². The first-order chi connectivity index (χ1) is 6.07. The zero-order valence-electron chi connectivity index (χ0n) is 6.90. The molecule has 0 bridgehead atoms. The van der Waals surface area contributed by atoms with E-state index in [2.05, 4.69) is 15.9 Å². The molecule has 70 valence electrons. The molecule has 13 heavy (non-hydrogen) atoms. The van der Waals surface area contributed by atoms with E-state index in [1.165, 1.54) is 12.1 Å². The number of ketones is 1. The molecule has 1 aromatic carbocycles. The Balaban J connectivity index is 3.33. The molecule has 4 heteroatoms. The second-order valence-electron chi connectivity index (χ2n) is 2.61. The van der Waals surface area contributed by atoms with E-state index >= 15 is 0 Å². The fourth-order valence-electron chi connectivity index (χ4n) is 1.06. The molecule has 0 aliphatic carbocycles. The summed E-state index contributed by atoms with van der Waals surface area (Å²) in [6, 6.07) is 2.79. The summed E-state index contributed by atoms with van der Waals surface area (Å²) in [5.74, 6) is -0.765. The molecule has 1 aromatic rings. The van der Waals surface area contributed by atoms with Crippen molar-refractivity contribution in [3.8, 4) is 0 Å². The Bertz CT molecular complexity index is 352. The number of carbonyl (C=O) groups is 1. The summed E-state index contributed by atoms with van der Waals surface area (Å²) in [5, 5.41) is 0.0567. The number of hydrogen-bond acceptors (Lipinski definition) is 1. The number of alkyl halides is 1. The van der Waals surface area contributed by atoms with Crippen LogP contribution < -0.4 is 0 Å². The largest absolute Gasteiger partial charge is 0.293 e. The van der Waals surface area contributed by atoms with Crippen LogP contribution in [0.3, 0.4) is 0 Å². The maximum absolute atomic E-state index is 13.0. The minimum Gasteiger partial charge on any atom is -0.293 e. The zero-order valence-corrected chi connectivity index (χ0v) is 9.25. The van der Waals surface area contributed by atoms with Gasteiger partial charge >= 0.3 is 0 Å². The lowest BCUT2D eigenvalue weighted by molar-refractivity contribution is 0.102. The summed E-state index contributed by atoms with van der Waals surface area (Å²) < 4.78 is 13.0. The van der Waals surface area contributed by atoms with Crippen molar-refractivity contribution >= 4 is 33.3 Å². The molecule has 0 unspecified atom stereocenters. The second-order valence-corrected chi connectivity index (χ2v) is 3.55. The van der Waals surface area contributed by atoms with Gasteiger partial charge in [0.1, 0.15) is 5.82 Å². The highest BCUT2D eigenvalue weighted by molar-refractivity contribution is 9.09. The predicted octanol–water partition coefficient (Wildman–Crippen LogP) is 3.37. The summed E-state index contributed by atoms with van der Waals surface area (Å²) in [5.41, 5.74) is 0.953. The fourth-order valence-corrected chi connectivity index (χ4v) is 1.65. The molecule has 0 radical (unpaired) electrons. The summed E-state index contributed by atoms with van der Waals surface area (Å²) >= 11 is 8.67. The van der Waals surface area contributed by atoms with E-state index < -0.39 is 5.82 Å². The first-order valence-electron chi connectivity index (χ1n) is 3.61. The Kier molecular flexibility index (Phi) is 3.45. The second kappa shape index (κ2) is 4.20. The van der Waals surface area contributed by atoms with Gasteiger partial charge in [-0.15, -0.1) is 0 Å². The van der Waals surface area contributed by atoms with Gasteiger partial charge in [0, 0.05) is 5.56 Å². The van der Waals surface area contributed by atoms with Gasteiger partial charge in [0.2, 0.25) is 0 Å². The molecule has 0 fully saturated rings. The molecule has 0 saturated carbocycles. The monoisotopic (exact) mass is 264 g/mol. The molecule has 0 aromatic heterocycles. The topological polar surface area (TPSA) is 17.1 Å². The highest BCUT2D eigenvalue weighted by atomic mass is 79.9. The molecule has 0 N–H and O–H groups in total. The number of Topliss-reactive ketones (excluding diaryl/α,β-unsaturated/α-hetero) is 1. The quantitative estimate of drug-likeness (QED) is 0.592. The van der Waals surface area contributed by atoms with E-state index in [-0.39, 0.29) is 21.7 Å². The van der Waals surface area contributed by atoms with Crippen LogP contribution in [-0.2, 0) is 0 Å². The maximum atomic E-state index is 13.0. The Morgan fingerprint density at radius 2 is 2.23 bits per heavy atom. The van der Waals surface area contributed by atoms with E-state index in [1.807, 2.05) is 0 Å². The van der Waals surface area contributed by atoms with Gasteiger partial charge in [0.25, 0.3) is 0 Å². The Morgan fingerprint density at radius 1 is 1.62 bits per heavy atom. The van der Waals surface area contributed by atoms with Crippen molar-refractivity contribution in [3.05, 3.63) is 34.1 Å². The molecule has 0 heterocycles. The van der Waals surface area contributed by atoms with Crippen LogP contribution in [0.2, 0.25) is 5.02 Å². The van der Waals surface area contributed by atoms with Crippen LogP contribution in [-0.4, -0.2) is 11.1 Å². The number of halogens is 3. The van der Waals surface area contributed by atoms with Gasteiger partial charge < -0.3 is 0 Å². The van der Waals surface area contributed by atoms with Gasteiger partial charge in [-0.1, -0.05) is 33.6 Å². The summed E-state index contributed by atoms with van der Waals surface area (Å²) in [4.78, 5) is 11.3. The van der Waals surface area contributed by atoms with E-state index in [9.17, 15) is 9.18 Å². The first-order valence-corrected chi connectivity index (χ1v) is 5.11. The van der Waals surface area contributed by atoms with Gasteiger partial charge in [-0.2, -0.15) is 0 Å². The third kappa shape index (κ3) is 2.09. The van der Waals surface area contributed by atoms with Gasteiger partial charge in [0.05, 0.1) is 10.4 Å². The van der Waals surface area contributed by atoms with Crippen molar-refractivity contribution in [2.24, 2.45) is 0 Å². The minimum atomic E-state index is -0.559. The Labute approximate surface area is 89.0 Å². The molecular formula is C9H7BrClFO. The van der Waals surface area contributed by atoms with Crippen LogP contribution in [0, 0.1) is 12.7 Å². The van der Waals surface area contributed by atoms with Crippen molar-refractivity contribution < 1.29 is 9.18 Å². The van der Waals surface area contributed by atoms with Gasteiger partial charge in [-0.25, -0.2) is 4.39 Å². The number of benzene rings is 1. The highest BCUT2D eigenvalue weighted by Gasteiger charge is 2.15.